The average molecular weight is 264 g/mol. The molecular formula is C12H16N4OS. The summed E-state index contributed by atoms with van der Waals surface area (Å²) in [5, 5.41) is 7.62. The summed E-state index contributed by atoms with van der Waals surface area (Å²) in [6.45, 7) is 6.50. The highest BCUT2D eigenvalue weighted by atomic mass is 32.1. The Morgan fingerprint density at radius 1 is 1.44 bits per heavy atom. The Hall–Kier alpha value is -1.69. The second-order valence-electron chi connectivity index (χ2n) is 4.15. The van der Waals surface area contributed by atoms with Gasteiger partial charge in [0.1, 0.15) is 0 Å². The lowest BCUT2D eigenvalue weighted by molar-refractivity contribution is -0.116. The molecule has 1 N–H and O–H groups in total. The van der Waals surface area contributed by atoms with E-state index in [1.165, 1.54) is 11.3 Å². The first kappa shape index (κ1) is 12.8. The summed E-state index contributed by atoms with van der Waals surface area (Å²) in [7, 11) is 0. The number of amides is 1. The SMILES string of the molecule is Cc1nc(NC(=O)CCn2nccc2C)sc1C. The van der Waals surface area contributed by atoms with E-state index in [1.54, 1.807) is 6.20 Å². The zero-order chi connectivity index (χ0) is 13.1. The Balaban J connectivity index is 1.87. The Labute approximate surface area is 110 Å². The van der Waals surface area contributed by atoms with Gasteiger partial charge in [-0.2, -0.15) is 5.10 Å². The van der Waals surface area contributed by atoms with Crippen LogP contribution in [0.15, 0.2) is 12.3 Å². The lowest BCUT2D eigenvalue weighted by atomic mass is 10.4. The average Bonchev–Trinajstić information content (AvgIpc) is 2.84. The van der Waals surface area contributed by atoms with Gasteiger partial charge in [-0.15, -0.1) is 11.3 Å². The molecule has 0 spiro atoms. The maximum Gasteiger partial charge on any atom is 0.228 e. The minimum absolute atomic E-state index is 0.0290. The van der Waals surface area contributed by atoms with Crippen LogP contribution in [-0.2, 0) is 11.3 Å². The molecule has 0 fully saturated rings. The van der Waals surface area contributed by atoms with Gasteiger partial charge in [-0.05, 0) is 26.8 Å². The predicted octanol–water partition coefficient (Wildman–Crippen LogP) is 2.29. The quantitative estimate of drug-likeness (QED) is 0.921. The molecule has 2 aromatic rings. The number of rotatable bonds is 4. The summed E-state index contributed by atoms with van der Waals surface area (Å²) in [6, 6.07) is 1.92. The summed E-state index contributed by atoms with van der Waals surface area (Å²) < 4.78 is 1.82. The van der Waals surface area contributed by atoms with E-state index in [1.807, 2.05) is 31.5 Å². The first-order valence-corrected chi connectivity index (χ1v) is 6.60. The van der Waals surface area contributed by atoms with Crippen molar-refractivity contribution in [1.29, 1.82) is 0 Å². The van der Waals surface area contributed by atoms with Gasteiger partial charge in [0, 0.05) is 29.7 Å². The van der Waals surface area contributed by atoms with Crippen molar-refractivity contribution in [3.05, 3.63) is 28.5 Å². The van der Waals surface area contributed by atoms with Gasteiger partial charge in [0.25, 0.3) is 0 Å². The number of thiazole rings is 1. The molecule has 2 aromatic heterocycles. The molecule has 18 heavy (non-hydrogen) atoms. The van der Waals surface area contributed by atoms with Gasteiger partial charge in [0.05, 0.1) is 5.69 Å². The van der Waals surface area contributed by atoms with Gasteiger partial charge in [0.2, 0.25) is 5.91 Å². The van der Waals surface area contributed by atoms with Crippen LogP contribution in [0.25, 0.3) is 0 Å². The van der Waals surface area contributed by atoms with Crippen LogP contribution in [-0.4, -0.2) is 20.7 Å². The molecule has 2 rings (SSSR count). The number of aromatic nitrogens is 3. The summed E-state index contributed by atoms with van der Waals surface area (Å²) in [4.78, 5) is 17.2. The fourth-order valence-corrected chi connectivity index (χ4v) is 2.38. The standard InChI is InChI=1S/C12H16N4OS/c1-8-4-6-13-16(8)7-5-11(17)15-12-14-9(2)10(3)18-12/h4,6H,5,7H2,1-3H3,(H,14,15,17). The van der Waals surface area contributed by atoms with E-state index in [-0.39, 0.29) is 5.91 Å². The highest BCUT2D eigenvalue weighted by Crippen LogP contribution is 2.21. The van der Waals surface area contributed by atoms with Crippen LogP contribution in [0.4, 0.5) is 5.13 Å². The van der Waals surface area contributed by atoms with Crippen LogP contribution in [0.1, 0.15) is 22.7 Å². The fraction of sp³-hybridized carbons (Fsp3) is 0.417. The molecule has 0 atom stereocenters. The lowest BCUT2D eigenvalue weighted by Gasteiger charge is -2.04. The number of nitrogens with one attached hydrogen (secondary N) is 1. The van der Waals surface area contributed by atoms with Crippen LogP contribution in [0.5, 0.6) is 0 Å². The van der Waals surface area contributed by atoms with E-state index in [9.17, 15) is 4.79 Å². The minimum atomic E-state index is -0.0290. The van der Waals surface area contributed by atoms with Gasteiger partial charge in [-0.1, -0.05) is 0 Å². The van der Waals surface area contributed by atoms with E-state index in [4.69, 9.17) is 0 Å². The number of carbonyl (C=O) groups excluding carboxylic acids is 1. The van der Waals surface area contributed by atoms with Crippen molar-refractivity contribution >= 4 is 22.4 Å². The molecule has 2 heterocycles. The highest BCUT2D eigenvalue weighted by Gasteiger charge is 2.08. The number of hydrogen-bond donors (Lipinski definition) is 1. The Morgan fingerprint density at radius 3 is 2.78 bits per heavy atom. The fourth-order valence-electron chi connectivity index (χ4n) is 1.55. The third-order valence-corrected chi connectivity index (χ3v) is 3.74. The van der Waals surface area contributed by atoms with Gasteiger partial charge in [-0.3, -0.25) is 9.48 Å². The summed E-state index contributed by atoms with van der Waals surface area (Å²) in [6.07, 6.45) is 2.14. The monoisotopic (exact) mass is 264 g/mol. The van der Waals surface area contributed by atoms with Crippen molar-refractivity contribution in [3.8, 4) is 0 Å². The number of carbonyl (C=O) groups is 1. The zero-order valence-electron chi connectivity index (χ0n) is 10.7. The largest absolute Gasteiger partial charge is 0.302 e. The summed E-state index contributed by atoms with van der Waals surface area (Å²) in [5.74, 6) is -0.0290. The van der Waals surface area contributed by atoms with E-state index >= 15 is 0 Å². The lowest BCUT2D eigenvalue weighted by Crippen LogP contribution is -2.15. The van der Waals surface area contributed by atoms with E-state index in [0.29, 0.717) is 18.1 Å². The zero-order valence-corrected chi connectivity index (χ0v) is 11.5. The summed E-state index contributed by atoms with van der Waals surface area (Å²) >= 11 is 1.50. The van der Waals surface area contributed by atoms with Crippen LogP contribution in [0.2, 0.25) is 0 Å². The normalized spacial score (nSPS) is 10.6. The molecule has 0 saturated heterocycles. The third kappa shape index (κ3) is 2.95. The Morgan fingerprint density at radius 2 is 2.22 bits per heavy atom. The molecule has 0 unspecified atom stereocenters. The van der Waals surface area contributed by atoms with Gasteiger partial charge in [-0.25, -0.2) is 4.98 Å². The minimum Gasteiger partial charge on any atom is -0.302 e. The maximum atomic E-state index is 11.8. The second kappa shape index (κ2) is 5.30. The van der Waals surface area contributed by atoms with Crippen LogP contribution in [0, 0.1) is 20.8 Å². The number of aryl methyl sites for hydroxylation is 4. The van der Waals surface area contributed by atoms with Gasteiger partial charge in [0.15, 0.2) is 5.13 Å². The van der Waals surface area contributed by atoms with Crippen molar-refractivity contribution in [2.75, 3.05) is 5.32 Å². The summed E-state index contributed by atoms with van der Waals surface area (Å²) in [5.41, 5.74) is 2.03. The third-order valence-electron chi connectivity index (χ3n) is 2.75. The molecule has 0 saturated carbocycles. The molecular weight excluding hydrogens is 248 g/mol. The number of anilines is 1. The first-order chi connectivity index (χ1) is 8.56. The molecule has 6 heteroatoms. The van der Waals surface area contributed by atoms with Crippen molar-refractivity contribution in [2.45, 2.75) is 33.7 Å². The smallest absolute Gasteiger partial charge is 0.228 e. The second-order valence-corrected chi connectivity index (χ2v) is 5.36. The predicted molar refractivity (Wildman–Crippen MR) is 71.8 cm³/mol. The topological polar surface area (TPSA) is 59.8 Å². The molecule has 1 amide bonds. The van der Waals surface area contributed by atoms with Crippen LogP contribution < -0.4 is 5.32 Å². The number of nitrogens with zero attached hydrogens (tertiary/aromatic N) is 3. The molecule has 96 valence electrons. The molecule has 0 bridgehead atoms. The molecule has 5 nitrogen and oxygen atoms in total. The molecule has 0 aliphatic heterocycles. The molecule has 0 aromatic carbocycles. The van der Waals surface area contributed by atoms with Crippen molar-refractivity contribution < 1.29 is 4.79 Å². The van der Waals surface area contributed by atoms with Crippen molar-refractivity contribution in [2.24, 2.45) is 0 Å². The number of hydrogen-bond acceptors (Lipinski definition) is 4. The van der Waals surface area contributed by atoms with Crippen molar-refractivity contribution in [3.63, 3.8) is 0 Å². The van der Waals surface area contributed by atoms with E-state index in [2.05, 4.69) is 15.4 Å². The van der Waals surface area contributed by atoms with Gasteiger partial charge >= 0.3 is 0 Å². The van der Waals surface area contributed by atoms with Crippen molar-refractivity contribution in [1.82, 2.24) is 14.8 Å². The Bertz CT molecular complexity index is 539. The van der Waals surface area contributed by atoms with E-state index in [0.717, 1.165) is 16.3 Å². The first-order valence-electron chi connectivity index (χ1n) is 5.78. The molecule has 0 aliphatic carbocycles. The Kier molecular flexibility index (Phi) is 3.76. The molecule has 0 aliphatic rings. The van der Waals surface area contributed by atoms with E-state index < -0.39 is 0 Å². The highest BCUT2D eigenvalue weighted by molar-refractivity contribution is 7.15. The maximum absolute atomic E-state index is 11.8. The van der Waals surface area contributed by atoms with Crippen LogP contribution >= 0.6 is 11.3 Å². The van der Waals surface area contributed by atoms with Crippen LogP contribution in [0.3, 0.4) is 0 Å². The molecule has 0 radical (unpaired) electrons. The van der Waals surface area contributed by atoms with Gasteiger partial charge < -0.3 is 5.32 Å².